The number of carbonyl (C=O) groups is 1. The average Bonchev–Trinajstić information content (AvgIpc) is 2.66. The van der Waals surface area contributed by atoms with E-state index < -0.39 is 0 Å². The summed E-state index contributed by atoms with van der Waals surface area (Å²) in [5.41, 5.74) is 8.18. The number of aryl methyl sites for hydroxylation is 1. The maximum Gasteiger partial charge on any atom is 0.242 e. The Morgan fingerprint density at radius 2 is 1.77 bits per heavy atom. The molecule has 2 rings (SSSR count). The number of anilines is 1. The van der Waals surface area contributed by atoms with Gasteiger partial charge in [0.1, 0.15) is 0 Å². The van der Waals surface area contributed by atoms with Crippen LogP contribution in [0.4, 0.5) is 5.69 Å². The third-order valence-corrected chi connectivity index (χ3v) is 3.98. The Kier molecular flexibility index (Phi) is 7.23. The van der Waals surface area contributed by atoms with E-state index in [-0.39, 0.29) is 12.3 Å². The lowest BCUT2D eigenvalue weighted by Gasteiger charge is -2.14. The molecule has 2 aromatic rings. The molecule has 6 nitrogen and oxygen atoms in total. The number of ether oxygens (including phenoxy) is 2. The first kappa shape index (κ1) is 19.5. The summed E-state index contributed by atoms with van der Waals surface area (Å²) < 4.78 is 10.4. The quantitative estimate of drug-likeness (QED) is 0.534. The molecular formula is C19H23N3O3S. The SMILES string of the molecule is CCc1ccccc1NC(=S)NNC(=O)Cc1ccc(OC)c(OC)c1. The van der Waals surface area contributed by atoms with E-state index in [1.165, 1.54) is 0 Å². The number of para-hydroxylation sites is 1. The number of rotatable bonds is 6. The average molecular weight is 373 g/mol. The highest BCUT2D eigenvalue weighted by Crippen LogP contribution is 2.27. The molecule has 0 aliphatic carbocycles. The molecular weight excluding hydrogens is 350 g/mol. The van der Waals surface area contributed by atoms with Crippen LogP contribution in [0.3, 0.4) is 0 Å². The summed E-state index contributed by atoms with van der Waals surface area (Å²) in [7, 11) is 3.13. The van der Waals surface area contributed by atoms with Gasteiger partial charge in [0, 0.05) is 5.69 Å². The largest absolute Gasteiger partial charge is 0.493 e. The van der Waals surface area contributed by atoms with Crippen LogP contribution in [0.5, 0.6) is 11.5 Å². The van der Waals surface area contributed by atoms with E-state index in [1.54, 1.807) is 26.4 Å². The Bertz CT molecular complexity index is 780. The molecule has 0 aromatic heterocycles. The Morgan fingerprint density at radius 3 is 2.46 bits per heavy atom. The van der Waals surface area contributed by atoms with Crippen LogP contribution in [0.25, 0.3) is 0 Å². The highest BCUT2D eigenvalue weighted by Gasteiger charge is 2.09. The van der Waals surface area contributed by atoms with Crippen LogP contribution in [0.15, 0.2) is 42.5 Å². The van der Waals surface area contributed by atoms with E-state index >= 15 is 0 Å². The van der Waals surface area contributed by atoms with Crippen molar-refractivity contribution in [1.82, 2.24) is 10.9 Å². The normalized spacial score (nSPS) is 9.96. The molecule has 0 fully saturated rings. The smallest absolute Gasteiger partial charge is 0.242 e. The number of carbonyl (C=O) groups excluding carboxylic acids is 1. The number of benzene rings is 2. The maximum absolute atomic E-state index is 12.1. The van der Waals surface area contributed by atoms with Gasteiger partial charge < -0.3 is 14.8 Å². The second kappa shape index (κ2) is 9.62. The fourth-order valence-electron chi connectivity index (χ4n) is 2.45. The Hall–Kier alpha value is -2.80. The molecule has 3 N–H and O–H groups in total. The van der Waals surface area contributed by atoms with E-state index in [0.717, 1.165) is 23.2 Å². The molecule has 0 radical (unpaired) electrons. The van der Waals surface area contributed by atoms with Crippen LogP contribution in [-0.4, -0.2) is 25.2 Å². The molecule has 0 aliphatic heterocycles. The fraction of sp³-hybridized carbons (Fsp3) is 0.263. The van der Waals surface area contributed by atoms with Crippen molar-refractivity contribution in [3.8, 4) is 11.5 Å². The zero-order chi connectivity index (χ0) is 18.9. The molecule has 0 heterocycles. The zero-order valence-corrected chi connectivity index (χ0v) is 15.9. The lowest BCUT2D eigenvalue weighted by Crippen LogP contribution is -2.44. The second-order valence-electron chi connectivity index (χ2n) is 5.50. The molecule has 0 aliphatic rings. The molecule has 0 atom stereocenters. The van der Waals surface area contributed by atoms with E-state index in [2.05, 4.69) is 23.1 Å². The molecule has 0 saturated carbocycles. The molecule has 1 amide bonds. The number of hydrazine groups is 1. The summed E-state index contributed by atoms with van der Waals surface area (Å²) >= 11 is 5.23. The molecule has 138 valence electrons. The summed E-state index contributed by atoms with van der Waals surface area (Å²) in [6.07, 6.45) is 1.07. The Balaban J connectivity index is 1.87. The summed E-state index contributed by atoms with van der Waals surface area (Å²) in [5.74, 6) is 0.985. The van der Waals surface area contributed by atoms with Gasteiger partial charge in [-0.1, -0.05) is 31.2 Å². The number of hydrogen-bond acceptors (Lipinski definition) is 4. The minimum absolute atomic E-state index is 0.182. The van der Waals surface area contributed by atoms with Crippen molar-refractivity contribution < 1.29 is 14.3 Å². The lowest BCUT2D eigenvalue weighted by atomic mass is 10.1. The van der Waals surface area contributed by atoms with Gasteiger partial charge in [0.15, 0.2) is 16.6 Å². The monoisotopic (exact) mass is 373 g/mol. The van der Waals surface area contributed by atoms with Crippen LogP contribution in [0, 0.1) is 0 Å². The van der Waals surface area contributed by atoms with Gasteiger partial charge in [-0.15, -0.1) is 0 Å². The van der Waals surface area contributed by atoms with Crippen molar-refractivity contribution in [2.24, 2.45) is 0 Å². The van der Waals surface area contributed by atoms with E-state index in [9.17, 15) is 4.79 Å². The van der Waals surface area contributed by atoms with Gasteiger partial charge in [0.2, 0.25) is 5.91 Å². The number of nitrogens with one attached hydrogen (secondary N) is 3. The third kappa shape index (κ3) is 5.35. The van der Waals surface area contributed by atoms with Crippen LogP contribution >= 0.6 is 12.2 Å². The second-order valence-corrected chi connectivity index (χ2v) is 5.91. The van der Waals surface area contributed by atoms with Crippen molar-refractivity contribution in [2.75, 3.05) is 19.5 Å². The van der Waals surface area contributed by atoms with Crippen LogP contribution in [0.1, 0.15) is 18.1 Å². The standard InChI is InChI=1S/C19H23N3O3S/c1-4-14-7-5-6-8-15(14)20-19(26)22-21-18(23)12-13-9-10-16(24-2)17(11-13)25-3/h5-11H,4,12H2,1-3H3,(H,21,23)(H2,20,22,26). The zero-order valence-electron chi connectivity index (χ0n) is 15.1. The summed E-state index contributed by atoms with van der Waals surface area (Å²) in [6.45, 7) is 2.07. The number of thiocarbonyl (C=S) groups is 1. The van der Waals surface area contributed by atoms with Gasteiger partial charge in [-0.2, -0.15) is 0 Å². The molecule has 0 spiro atoms. The van der Waals surface area contributed by atoms with Crippen LogP contribution in [-0.2, 0) is 17.6 Å². The van der Waals surface area contributed by atoms with Crippen molar-refractivity contribution in [3.63, 3.8) is 0 Å². The van der Waals surface area contributed by atoms with E-state index in [1.807, 2.05) is 30.3 Å². The topological polar surface area (TPSA) is 71.6 Å². The summed E-state index contributed by atoms with van der Waals surface area (Å²) in [4.78, 5) is 12.1. The van der Waals surface area contributed by atoms with Gasteiger partial charge in [0.05, 0.1) is 20.6 Å². The minimum Gasteiger partial charge on any atom is -0.493 e. The van der Waals surface area contributed by atoms with Gasteiger partial charge in [-0.05, 0) is 48.0 Å². The highest BCUT2D eigenvalue weighted by atomic mass is 32.1. The predicted octanol–water partition coefficient (Wildman–Crippen LogP) is 2.83. The molecule has 0 bridgehead atoms. The highest BCUT2D eigenvalue weighted by molar-refractivity contribution is 7.80. The number of hydrogen-bond donors (Lipinski definition) is 3. The van der Waals surface area contributed by atoms with Crippen molar-refractivity contribution in [2.45, 2.75) is 19.8 Å². The molecule has 0 unspecified atom stereocenters. The fourth-order valence-corrected chi connectivity index (χ4v) is 2.61. The first-order valence-electron chi connectivity index (χ1n) is 8.22. The van der Waals surface area contributed by atoms with Gasteiger partial charge in [0.25, 0.3) is 0 Å². The lowest BCUT2D eigenvalue weighted by molar-refractivity contribution is -0.120. The molecule has 26 heavy (non-hydrogen) atoms. The predicted molar refractivity (Wildman–Crippen MR) is 107 cm³/mol. The first-order valence-corrected chi connectivity index (χ1v) is 8.62. The summed E-state index contributed by atoms with van der Waals surface area (Å²) in [5, 5.41) is 3.41. The van der Waals surface area contributed by atoms with E-state index in [4.69, 9.17) is 21.7 Å². The Morgan fingerprint density at radius 1 is 1.04 bits per heavy atom. The van der Waals surface area contributed by atoms with Gasteiger partial charge in [-0.3, -0.25) is 15.6 Å². The van der Waals surface area contributed by atoms with Crippen molar-refractivity contribution in [1.29, 1.82) is 0 Å². The molecule has 7 heteroatoms. The van der Waals surface area contributed by atoms with Crippen molar-refractivity contribution in [3.05, 3.63) is 53.6 Å². The third-order valence-electron chi connectivity index (χ3n) is 3.77. The minimum atomic E-state index is -0.217. The van der Waals surface area contributed by atoms with Crippen LogP contribution < -0.4 is 25.6 Å². The van der Waals surface area contributed by atoms with Crippen molar-refractivity contribution >= 4 is 28.9 Å². The first-order chi connectivity index (χ1) is 12.6. The summed E-state index contributed by atoms with van der Waals surface area (Å²) in [6, 6.07) is 13.2. The van der Waals surface area contributed by atoms with Crippen LogP contribution in [0.2, 0.25) is 0 Å². The maximum atomic E-state index is 12.1. The van der Waals surface area contributed by atoms with Gasteiger partial charge >= 0.3 is 0 Å². The van der Waals surface area contributed by atoms with E-state index in [0.29, 0.717) is 16.6 Å². The number of amides is 1. The number of methoxy groups -OCH3 is 2. The molecule has 0 saturated heterocycles. The molecule has 2 aromatic carbocycles. The van der Waals surface area contributed by atoms with Gasteiger partial charge in [-0.25, -0.2) is 0 Å². The Labute approximate surface area is 158 Å².